The third-order valence-corrected chi connectivity index (χ3v) is 8.56. The third kappa shape index (κ3) is 8.27. The van der Waals surface area contributed by atoms with Gasteiger partial charge in [0.15, 0.2) is 0 Å². The highest BCUT2D eigenvalue weighted by Crippen LogP contribution is 2.49. The molecule has 4 aromatic carbocycles. The molecule has 4 unspecified atom stereocenters. The van der Waals surface area contributed by atoms with Gasteiger partial charge in [-0.2, -0.15) is 0 Å². The van der Waals surface area contributed by atoms with E-state index in [1.54, 1.807) is 48.5 Å². The molecule has 0 saturated heterocycles. The Morgan fingerprint density at radius 3 is 1.14 bits per heavy atom. The smallest absolute Gasteiger partial charge is 0.308 e. The number of carbonyl (C=O) groups is 4. The maximum Gasteiger partial charge on any atom is 0.308 e. The summed E-state index contributed by atoms with van der Waals surface area (Å²) in [6.45, 7) is 7.75. The topological polar surface area (TPSA) is 134 Å². The maximum absolute atomic E-state index is 14.1. The lowest BCUT2D eigenvalue weighted by Gasteiger charge is -2.48. The Morgan fingerprint density at radius 2 is 0.840 bits per heavy atom. The number of carboxylic acids is 2. The second-order valence-electron chi connectivity index (χ2n) is 11.9. The Labute approximate surface area is 290 Å². The minimum absolute atomic E-state index is 0.0519. The molecule has 1 saturated carbocycles. The van der Waals surface area contributed by atoms with E-state index in [4.69, 9.17) is 9.47 Å². The lowest BCUT2D eigenvalue weighted by atomic mass is 9.55. The van der Waals surface area contributed by atoms with Crippen LogP contribution in [-0.2, 0) is 32.3 Å². The predicted octanol–water partition coefficient (Wildman–Crippen LogP) is 6.65. The van der Waals surface area contributed by atoms with Crippen molar-refractivity contribution in [1.29, 1.82) is 0 Å². The van der Waals surface area contributed by atoms with Gasteiger partial charge in [-0.15, -0.1) is 13.2 Å². The summed E-state index contributed by atoms with van der Waals surface area (Å²) in [7, 11) is 0. The van der Waals surface area contributed by atoms with Crippen molar-refractivity contribution in [2.24, 2.45) is 23.7 Å². The number of ether oxygens (including phenoxy) is 2. The molecule has 0 radical (unpaired) electrons. The fourth-order valence-corrected chi connectivity index (χ4v) is 6.19. The van der Waals surface area contributed by atoms with E-state index in [9.17, 15) is 29.4 Å². The van der Waals surface area contributed by atoms with Gasteiger partial charge in [-0.1, -0.05) is 72.8 Å². The number of aliphatic carboxylic acids is 2. The van der Waals surface area contributed by atoms with Crippen LogP contribution in [0, 0.1) is 23.7 Å². The molecule has 1 fully saturated rings. The fourth-order valence-electron chi connectivity index (χ4n) is 6.19. The summed E-state index contributed by atoms with van der Waals surface area (Å²) >= 11 is 0. The van der Waals surface area contributed by atoms with Crippen molar-refractivity contribution in [1.82, 2.24) is 9.80 Å². The van der Waals surface area contributed by atoms with Crippen molar-refractivity contribution < 1.29 is 38.9 Å². The van der Waals surface area contributed by atoms with Gasteiger partial charge in [-0.05, 0) is 59.7 Å². The number of benzene rings is 4. The fraction of sp³-hybridized carbons (Fsp3) is 0.200. The summed E-state index contributed by atoms with van der Waals surface area (Å²) in [4.78, 5) is 55.9. The zero-order valence-corrected chi connectivity index (χ0v) is 27.3. The first-order chi connectivity index (χ1) is 24.2. The number of hydrogen-bond donors (Lipinski definition) is 2. The Balaban J connectivity index is 1.35. The SMILES string of the molecule is C=CCN(Cc1ccc(Oc2ccccc2)cc1)C(=O)C1C(C(=O)O)C(C(=O)O)C1C(=O)N(CC=C)Cc1ccc(Oc2ccccc2)cc1. The summed E-state index contributed by atoms with van der Waals surface area (Å²) in [6, 6.07) is 32.6. The molecule has 4 aromatic rings. The summed E-state index contributed by atoms with van der Waals surface area (Å²) in [5.74, 6) is -7.69. The molecular weight excluding hydrogens is 636 g/mol. The molecule has 10 nitrogen and oxygen atoms in total. The molecule has 2 amide bonds. The highest BCUT2D eigenvalue weighted by Gasteiger charge is 2.64. The molecule has 1 aliphatic carbocycles. The van der Waals surface area contributed by atoms with Gasteiger partial charge in [0.05, 0.1) is 23.7 Å². The Kier molecular flexibility index (Phi) is 11.5. The van der Waals surface area contributed by atoms with Gasteiger partial charge in [0, 0.05) is 26.2 Å². The van der Waals surface area contributed by atoms with Gasteiger partial charge in [0.25, 0.3) is 0 Å². The van der Waals surface area contributed by atoms with Crippen LogP contribution in [0.2, 0.25) is 0 Å². The van der Waals surface area contributed by atoms with E-state index in [-0.39, 0.29) is 26.2 Å². The van der Waals surface area contributed by atoms with Crippen LogP contribution in [0.3, 0.4) is 0 Å². The average Bonchev–Trinajstić information content (AvgIpc) is 3.09. The molecule has 4 atom stereocenters. The van der Waals surface area contributed by atoms with Crippen LogP contribution in [0.5, 0.6) is 23.0 Å². The van der Waals surface area contributed by atoms with Crippen LogP contribution in [0.4, 0.5) is 0 Å². The number of para-hydroxylation sites is 2. The van der Waals surface area contributed by atoms with Crippen molar-refractivity contribution in [2.45, 2.75) is 13.1 Å². The molecule has 256 valence electrons. The zero-order chi connectivity index (χ0) is 35.6. The van der Waals surface area contributed by atoms with Crippen LogP contribution < -0.4 is 9.47 Å². The van der Waals surface area contributed by atoms with E-state index >= 15 is 0 Å². The van der Waals surface area contributed by atoms with Gasteiger partial charge < -0.3 is 29.5 Å². The van der Waals surface area contributed by atoms with Gasteiger partial charge in [-0.25, -0.2) is 0 Å². The normalized spacial score (nSPS) is 17.8. The molecule has 0 bridgehead atoms. The van der Waals surface area contributed by atoms with Crippen molar-refractivity contribution >= 4 is 23.8 Å². The van der Waals surface area contributed by atoms with Crippen molar-refractivity contribution in [3.63, 3.8) is 0 Å². The number of carbonyl (C=O) groups excluding carboxylic acids is 2. The van der Waals surface area contributed by atoms with Crippen LogP contribution in [0.1, 0.15) is 11.1 Å². The number of rotatable bonds is 16. The number of nitrogens with zero attached hydrogens (tertiary/aromatic N) is 2. The van der Waals surface area contributed by atoms with Gasteiger partial charge in [0.1, 0.15) is 23.0 Å². The van der Waals surface area contributed by atoms with Crippen LogP contribution >= 0.6 is 0 Å². The first-order valence-electron chi connectivity index (χ1n) is 16.1. The second-order valence-corrected chi connectivity index (χ2v) is 11.9. The van der Waals surface area contributed by atoms with Crippen LogP contribution in [0.15, 0.2) is 135 Å². The maximum atomic E-state index is 14.1. The summed E-state index contributed by atoms with van der Waals surface area (Å²) < 4.78 is 11.7. The van der Waals surface area contributed by atoms with E-state index in [1.165, 1.54) is 22.0 Å². The minimum Gasteiger partial charge on any atom is -0.481 e. The monoisotopic (exact) mass is 674 g/mol. The molecule has 50 heavy (non-hydrogen) atoms. The highest BCUT2D eigenvalue weighted by atomic mass is 16.5. The molecule has 10 heteroatoms. The second kappa shape index (κ2) is 16.3. The largest absolute Gasteiger partial charge is 0.481 e. The Hall–Kier alpha value is -6.16. The molecular formula is C40H38N2O8. The zero-order valence-electron chi connectivity index (χ0n) is 27.3. The minimum atomic E-state index is -1.59. The number of amides is 2. The molecule has 2 N–H and O–H groups in total. The number of carboxylic acid groups (broad SMARTS) is 2. The standard InChI is InChI=1S/C40H38N2O8/c1-3-23-41(25-27-15-19-31(20-16-27)49-29-11-7-5-8-12-29)37(43)33-34(36(40(47)48)35(33)39(45)46)38(44)42(24-4-2)26-28-17-21-32(22-18-28)50-30-13-9-6-10-14-30/h3-22,33-36H,1-2,23-26H2,(H,45,46)(H,47,48). The van der Waals surface area contributed by atoms with Gasteiger partial charge in [0.2, 0.25) is 11.8 Å². The van der Waals surface area contributed by atoms with Gasteiger partial charge in [-0.3, -0.25) is 19.2 Å². The summed E-state index contributed by atoms with van der Waals surface area (Å²) in [6.07, 6.45) is 3.00. The van der Waals surface area contributed by atoms with Crippen molar-refractivity contribution in [3.8, 4) is 23.0 Å². The van der Waals surface area contributed by atoms with Crippen molar-refractivity contribution in [3.05, 3.63) is 146 Å². The van der Waals surface area contributed by atoms with E-state index in [1.807, 2.05) is 60.7 Å². The summed E-state index contributed by atoms with van der Waals surface area (Å²) in [5, 5.41) is 20.2. The summed E-state index contributed by atoms with van der Waals surface area (Å²) in [5.41, 5.74) is 1.44. The van der Waals surface area contributed by atoms with Crippen LogP contribution in [0.25, 0.3) is 0 Å². The molecule has 0 heterocycles. The van der Waals surface area contributed by atoms with E-state index in [2.05, 4.69) is 13.2 Å². The first kappa shape index (κ1) is 35.2. The van der Waals surface area contributed by atoms with E-state index in [0.29, 0.717) is 23.0 Å². The molecule has 0 spiro atoms. The number of hydrogen-bond acceptors (Lipinski definition) is 6. The lowest BCUT2D eigenvalue weighted by molar-refractivity contribution is -0.187. The quantitative estimate of drug-likeness (QED) is 0.126. The highest BCUT2D eigenvalue weighted by molar-refractivity contribution is 5.99. The average molecular weight is 675 g/mol. The lowest BCUT2D eigenvalue weighted by Crippen LogP contribution is -2.64. The van der Waals surface area contributed by atoms with Gasteiger partial charge >= 0.3 is 11.9 Å². The third-order valence-electron chi connectivity index (χ3n) is 8.56. The molecule has 5 rings (SSSR count). The predicted molar refractivity (Wildman–Crippen MR) is 186 cm³/mol. The Morgan fingerprint density at radius 1 is 0.520 bits per heavy atom. The molecule has 0 aliphatic heterocycles. The van der Waals surface area contributed by atoms with Crippen LogP contribution in [-0.4, -0.2) is 56.9 Å². The van der Waals surface area contributed by atoms with Crippen molar-refractivity contribution in [2.75, 3.05) is 13.1 Å². The van der Waals surface area contributed by atoms with E-state index < -0.39 is 47.4 Å². The molecule has 1 aliphatic rings. The Bertz CT molecular complexity index is 1680. The van der Waals surface area contributed by atoms with E-state index in [0.717, 1.165) is 11.1 Å². The first-order valence-corrected chi connectivity index (χ1v) is 16.1. The molecule has 0 aromatic heterocycles.